The lowest BCUT2D eigenvalue weighted by Gasteiger charge is -2.50. The molecule has 106 valence electrons. The van der Waals surface area contributed by atoms with Gasteiger partial charge in [-0.2, -0.15) is 0 Å². The first kappa shape index (κ1) is 14.4. The molecule has 0 aliphatic carbocycles. The van der Waals surface area contributed by atoms with Gasteiger partial charge in [-0.3, -0.25) is 14.8 Å². The van der Waals surface area contributed by atoms with Crippen molar-refractivity contribution in [3.8, 4) is 0 Å². The summed E-state index contributed by atoms with van der Waals surface area (Å²) >= 11 is 0. The third-order valence-electron chi connectivity index (χ3n) is 4.22. The lowest BCUT2D eigenvalue weighted by atomic mass is 9.94. The third kappa shape index (κ3) is 3.53. The van der Waals surface area contributed by atoms with Crippen LogP contribution in [0.4, 0.5) is 0 Å². The minimum atomic E-state index is 0.180. The van der Waals surface area contributed by atoms with Crippen molar-refractivity contribution in [2.75, 3.05) is 26.7 Å². The largest absolute Gasteiger partial charge is 0.396 e. The van der Waals surface area contributed by atoms with E-state index in [0.29, 0.717) is 6.04 Å². The minimum absolute atomic E-state index is 0.180. The standard InChI is InChI=1S/C15H25N3O/c1-15(2)12-18(10-13-4-7-16-8-5-13)14(6-9-19)11-17(15)3/h4-5,7-8,14,19H,6,9-12H2,1-3H3. The molecule has 1 aliphatic rings. The second kappa shape index (κ2) is 5.99. The van der Waals surface area contributed by atoms with E-state index in [4.69, 9.17) is 0 Å². The highest BCUT2D eigenvalue weighted by Crippen LogP contribution is 2.25. The van der Waals surface area contributed by atoms with Crippen LogP contribution in [-0.2, 0) is 6.54 Å². The van der Waals surface area contributed by atoms with Crippen LogP contribution in [0, 0.1) is 0 Å². The van der Waals surface area contributed by atoms with E-state index in [1.54, 1.807) is 0 Å². The van der Waals surface area contributed by atoms with Crippen molar-refractivity contribution >= 4 is 0 Å². The van der Waals surface area contributed by atoms with Crippen LogP contribution in [0.25, 0.3) is 0 Å². The van der Waals surface area contributed by atoms with Crippen LogP contribution < -0.4 is 0 Å². The summed E-state index contributed by atoms with van der Waals surface area (Å²) < 4.78 is 0. The Kier molecular flexibility index (Phi) is 4.55. The Hall–Kier alpha value is -0.970. The quantitative estimate of drug-likeness (QED) is 0.890. The van der Waals surface area contributed by atoms with Gasteiger partial charge in [0.1, 0.15) is 0 Å². The van der Waals surface area contributed by atoms with E-state index < -0.39 is 0 Å². The number of likely N-dealkylation sites (N-methyl/N-ethyl adjacent to an activating group) is 1. The highest BCUT2D eigenvalue weighted by Gasteiger charge is 2.36. The first-order valence-electron chi connectivity index (χ1n) is 6.98. The van der Waals surface area contributed by atoms with E-state index in [2.05, 4.69) is 47.8 Å². The molecule has 1 atom stereocenters. The van der Waals surface area contributed by atoms with E-state index >= 15 is 0 Å². The summed E-state index contributed by atoms with van der Waals surface area (Å²) in [6.07, 6.45) is 4.53. The Balaban J connectivity index is 2.10. The number of rotatable bonds is 4. The molecule has 1 aromatic heterocycles. The van der Waals surface area contributed by atoms with Crippen molar-refractivity contribution in [1.29, 1.82) is 0 Å². The lowest BCUT2D eigenvalue weighted by Crippen LogP contribution is -2.61. The van der Waals surface area contributed by atoms with Gasteiger partial charge in [-0.25, -0.2) is 0 Å². The zero-order chi connectivity index (χ0) is 13.9. The van der Waals surface area contributed by atoms with Crippen LogP contribution in [0.3, 0.4) is 0 Å². The maximum atomic E-state index is 9.26. The normalized spacial score (nSPS) is 24.5. The fourth-order valence-corrected chi connectivity index (χ4v) is 2.76. The average molecular weight is 263 g/mol. The number of aliphatic hydroxyl groups is 1. The van der Waals surface area contributed by atoms with Crippen molar-refractivity contribution in [2.24, 2.45) is 0 Å². The first-order valence-corrected chi connectivity index (χ1v) is 6.98. The molecule has 0 aromatic carbocycles. The Morgan fingerprint density at radius 3 is 2.68 bits per heavy atom. The molecule has 4 heteroatoms. The molecule has 0 spiro atoms. The summed E-state index contributed by atoms with van der Waals surface area (Å²) in [5.74, 6) is 0. The molecular formula is C15H25N3O. The van der Waals surface area contributed by atoms with E-state index in [-0.39, 0.29) is 12.1 Å². The molecule has 0 amide bonds. The molecule has 0 bridgehead atoms. The van der Waals surface area contributed by atoms with Gasteiger partial charge in [-0.1, -0.05) is 0 Å². The fourth-order valence-electron chi connectivity index (χ4n) is 2.76. The van der Waals surface area contributed by atoms with E-state index in [0.717, 1.165) is 26.1 Å². The Morgan fingerprint density at radius 1 is 1.37 bits per heavy atom. The molecule has 1 unspecified atom stereocenters. The second-order valence-corrected chi connectivity index (χ2v) is 6.12. The molecule has 2 rings (SSSR count). The van der Waals surface area contributed by atoms with Crippen LogP contribution >= 0.6 is 0 Å². The summed E-state index contributed by atoms with van der Waals surface area (Å²) in [7, 11) is 2.17. The number of aliphatic hydroxyl groups excluding tert-OH is 1. The predicted octanol–water partition coefficient (Wildman–Crippen LogP) is 1.36. The fraction of sp³-hybridized carbons (Fsp3) is 0.667. The Morgan fingerprint density at radius 2 is 2.05 bits per heavy atom. The second-order valence-electron chi connectivity index (χ2n) is 6.12. The minimum Gasteiger partial charge on any atom is -0.396 e. The summed E-state index contributed by atoms with van der Waals surface area (Å²) in [6, 6.07) is 4.57. The van der Waals surface area contributed by atoms with Crippen molar-refractivity contribution in [3.63, 3.8) is 0 Å². The molecular weight excluding hydrogens is 238 g/mol. The molecule has 1 aromatic rings. The lowest BCUT2D eigenvalue weighted by molar-refractivity contribution is -0.0136. The molecule has 19 heavy (non-hydrogen) atoms. The third-order valence-corrected chi connectivity index (χ3v) is 4.22. The molecule has 1 fully saturated rings. The molecule has 1 aliphatic heterocycles. The van der Waals surface area contributed by atoms with Crippen molar-refractivity contribution in [3.05, 3.63) is 30.1 Å². The highest BCUT2D eigenvalue weighted by atomic mass is 16.3. The van der Waals surface area contributed by atoms with Crippen LogP contribution in [-0.4, -0.2) is 58.2 Å². The molecule has 4 nitrogen and oxygen atoms in total. The summed E-state index contributed by atoms with van der Waals surface area (Å²) in [4.78, 5) is 8.96. The number of hydrogen-bond acceptors (Lipinski definition) is 4. The smallest absolute Gasteiger partial charge is 0.0446 e. The highest BCUT2D eigenvalue weighted by molar-refractivity contribution is 5.10. The van der Waals surface area contributed by atoms with Crippen LogP contribution in [0.2, 0.25) is 0 Å². The van der Waals surface area contributed by atoms with Crippen molar-refractivity contribution in [2.45, 2.75) is 38.4 Å². The number of pyridine rings is 1. The van der Waals surface area contributed by atoms with Crippen LogP contribution in [0.15, 0.2) is 24.5 Å². The van der Waals surface area contributed by atoms with E-state index in [1.807, 2.05) is 12.4 Å². The number of nitrogens with zero attached hydrogens (tertiary/aromatic N) is 3. The summed E-state index contributed by atoms with van der Waals surface area (Å²) in [5, 5.41) is 9.26. The molecule has 2 heterocycles. The first-order chi connectivity index (χ1) is 9.03. The SMILES string of the molecule is CN1CC(CCO)N(Cc2ccncc2)CC1(C)C. The zero-order valence-corrected chi connectivity index (χ0v) is 12.2. The summed E-state index contributed by atoms with van der Waals surface area (Å²) in [5.41, 5.74) is 1.47. The Bertz CT molecular complexity index is 394. The number of piperazine rings is 1. The molecule has 0 saturated carbocycles. The monoisotopic (exact) mass is 263 g/mol. The van der Waals surface area contributed by atoms with Gasteiger partial charge in [0.2, 0.25) is 0 Å². The summed E-state index contributed by atoms with van der Waals surface area (Å²) in [6.45, 7) is 7.79. The number of hydrogen-bond donors (Lipinski definition) is 1. The maximum Gasteiger partial charge on any atom is 0.0446 e. The van der Waals surface area contributed by atoms with Crippen LogP contribution in [0.5, 0.6) is 0 Å². The zero-order valence-electron chi connectivity index (χ0n) is 12.2. The topological polar surface area (TPSA) is 39.6 Å². The van der Waals surface area contributed by atoms with Gasteiger partial charge in [0.05, 0.1) is 0 Å². The Labute approximate surface area is 116 Å². The molecule has 1 saturated heterocycles. The number of aromatic nitrogens is 1. The molecule has 1 N–H and O–H groups in total. The predicted molar refractivity (Wildman–Crippen MR) is 76.8 cm³/mol. The van der Waals surface area contributed by atoms with Gasteiger partial charge in [-0.05, 0) is 45.0 Å². The van der Waals surface area contributed by atoms with E-state index in [9.17, 15) is 5.11 Å². The van der Waals surface area contributed by atoms with Gasteiger partial charge >= 0.3 is 0 Å². The van der Waals surface area contributed by atoms with Gasteiger partial charge in [0.25, 0.3) is 0 Å². The van der Waals surface area contributed by atoms with Crippen molar-refractivity contribution < 1.29 is 5.11 Å². The molecule has 0 radical (unpaired) electrons. The average Bonchev–Trinajstić information content (AvgIpc) is 2.37. The van der Waals surface area contributed by atoms with Gasteiger partial charge in [0, 0.05) is 50.2 Å². The van der Waals surface area contributed by atoms with Gasteiger partial charge < -0.3 is 5.11 Å². The van der Waals surface area contributed by atoms with Gasteiger partial charge in [0.15, 0.2) is 0 Å². The van der Waals surface area contributed by atoms with E-state index in [1.165, 1.54) is 5.56 Å². The van der Waals surface area contributed by atoms with Crippen LogP contribution in [0.1, 0.15) is 25.8 Å². The van der Waals surface area contributed by atoms with Gasteiger partial charge in [-0.15, -0.1) is 0 Å². The maximum absolute atomic E-state index is 9.26. The van der Waals surface area contributed by atoms with Crippen molar-refractivity contribution in [1.82, 2.24) is 14.8 Å².